The molecule has 534 valence electrons. The molecule has 0 saturated heterocycles. The van der Waals surface area contributed by atoms with Gasteiger partial charge in [0.25, 0.3) is 0 Å². The van der Waals surface area contributed by atoms with Crippen molar-refractivity contribution in [3.63, 3.8) is 0 Å². The van der Waals surface area contributed by atoms with E-state index in [1.54, 1.807) is 12.2 Å². The third-order valence-corrected chi connectivity index (χ3v) is 25.9. The van der Waals surface area contributed by atoms with Gasteiger partial charge in [-0.3, -0.25) is 0 Å². The topological polar surface area (TPSA) is 67.3 Å². The van der Waals surface area contributed by atoms with Gasteiger partial charge in [-0.05, 0) is 314 Å². The first-order valence-corrected chi connectivity index (χ1v) is 40.5. The van der Waals surface area contributed by atoms with Crippen LogP contribution in [0, 0.1) is 22.7 Å². The molecule has 0 aliphatic heterocycles. The van der Waals surface area contributed by atoms with Gasteiger partial charge in [-0.2, -0.15) is 10.5 Å². The van der Waals surface area contributed by atoms with Crippen LogP contribution in [-0.2, 0) is 51.4 Å². The zero-order valence-electron chi connectivity index (χ0n) is 62.7. The molecule has 6 heteroatoms. The molecule has 4 heterocycles. The van der Waals surface area contributed by atoms with E-state index < -0.39 is 0 Å². The van der Waals surface area contributed by atoms with E-state index in [4.69, 9.17) is 0 Å². The average Bonchev–Trinajstić information content (AvgIpc) is 1.63. The number of aryl methyl sites for hydroxylation is 3. The van der Waals surface area contributed by atoms with Crippen LogP contribution in [0.25, 0.3) is 143 Å². The number of nitrogens with zero attached hydrogens (tertiary/aromatic N) is 6. The second-order valence-corrected chi connectivity index (χ2v) is 31.8. The minimum atomic E-state index is 0.369. The Kier molecular flexibility index (Phi) is 15.7. The summed E-state index contributed by atoms with van der Waals surface area (Å²) in [7, 11) is 0. The molecule has 6 nitrogen and oxygen atoms in total. The normalized spacial score (nSPS) is 15.1. The monoisotopic (exact) mass is 1440 g/mol. The summed E-state index contributed by atoms with van der Waals surface area (Å²) < 4.78 is 10.2. The van der Waals surface area contributed by atoms with Gasteiger partial charge in [0.05, 0.1) is 34.2 Å². The molecule has 112 heavy (non-hydrogen) atoms. The molecule has 14 aromatic carbocycles. The van der Waals surface area contributed by atoms with Crippen LogP contribution in [0.4, 0.5) is 0 Å². The standard InChI is InChI=1S/C106H80N6/c107-58-56-84(69-38-34-67(35-39-69)71-16-13-18-80(62-71)109-98-27-7-1-20-91(98)92-21-2-8-28-99(92)109)70-40-36-68(37-41-70)72-17-14-19-81(63-72)112-103-32-12-6-25-96(103)106-90(26-15-33-105(106)112)79-48-55-104-97(66-79)95-24-5-11-31-102(95)111(104)83-50-54-89-78(65-83)45-43-76-61-74(47-52-87(76)89)85(57-59-108)73-46-51-86-75(60-73)42-44-77-64-82(49-53-88(77)86)110-100-29-9-3-22-93(100)94-23-4-10-30-101(94)110/h1,3,5,7,9,11,13-20,22,24,26-27,29,31,33-47,49-54,56-57,60-65,79H,2,4,6,8,10,12,21,23,25,28,30,32,48,55,66H2/b84-56-,85-57+. The summed E-state index contributed by atoms with van der Waals surface area (Å²) in [6, 6.07) is 111. The molecule has 1 atom stereocenters. The highest BCUT2D eigenvalue weighted by Gasteiger charge is 2.32. The van der Waals surface area contributed by atoms with Crippen LogP contribution in [-0.4, -0.2) is 18.3 Å². The summed E-state index contributed by atoms with van der Waals surface area (Å²) >= 11 is 0. The molecule has 4 aliphatic rings. The van der Waals surface area contributed by atoms with E-state index in [9.17, 15) is 10.5 Å². The van der Waals surface area contributed by atoms with Gasteiger partial charge in [0, 0.05) is 79.2 Å². The fourth-order valence-electron chi connectivity index (χ4n) is 20.8. The first-order valence-electron chi connectivity index (χ1n) is 40.5. The van der Waals surface area contributed by atoms with E-state index in [1.165, 1.54) is 199 Å². The van der Waals surface area contributed by atoms with Crippen LogP contribution in [0.1, 0.15) is 124 Å². The highest BCUT2D eigenvalue weighted by Crippen LogP contribution is 2.47. The van der Waals surface area contributed by atoms with Gasteiger partial charge in [0.1, 0.15) is 0 Å². The van der Waals surface area contributed by atoms with Crippen molar-refractivity contribution in [2.75, 3.05) is 0 Å². The average molecular weight is 1440 g/mol. The van der Waals surface area contributed by atoms with E-state index in [1.807, 2.05) is 0 Å². The van der Waals surface area contributed by atoms with Crippen molar-refractivity contribution in [1.82, 2.24) is 18.3 Å². The third kappa shape index (κ3) is 10.7. The highest BCUT2D eigenvalue weighted by atomic mass is 15.0. The summed E-state index contributed by atoms with van der Waals surface area (Å²) in [5.74, 6) is 0.369. The Labute approximate surface area is 651 Å². The fourth-order valence-corrected chi connectivity index (χ4v) is 20.8. The quantitative estimate of drug-likeness (QED) is 0.0957. The Bertz CT molecular complexity index is 7120. The smallest absolute Gasteiger partial charge is 0.0918 e. The van der Waals surface area contributed by atoms with Gasteiger partial charge < -0.3 is 18.3 Å². The number of para-hydroxylation sites is 3. The number of benzene rings is 14. The lowest BCUT2D eigenvalue weighted by Gasteiger charge is -2.26. The molecule has 0 amide bonds. The van der Waals surface area contributed by atoms with Crippen molar-refractivity contribution >= 4 is 97.8 Å². The minimum absolute atomic E-state index is 0.369. The van der Waals surface area contributed by atoms with Crippen molar-refractivity contribution in [2.45, 2.75) is 102 Å². The second kappa shape index (κ2) is 26.8. The third-order valence-electron chi connectivity index (χ3n) is 25.9. The van der Waals surface area contributed by atoms with Crippen molar-refractivity contribution in [3.8, 4) is 57.1 Å². The molecule has 0 bridgehead atoms. The molecular formula is C106H80N6. The molecule has 22 rings (SSSR count). The predicted octanol–water partition coefficient (Wildman–Crippen LogP) is 26.2. The summed E-state index contributed by atoms with van der Waals surface area (Å²) in [6.07, 6.45) is 20.5. The van der Waals surface area contributed by atoms with Crippen molar-refractivity contribution in [3.05, 3.63) is 370 Å². The minimum Gasteiger partial charge on any atom is -0.313 e. The van der Waals surface area contributed by atoms with Gasteiger partial charge in [0.2, 0.25) is 0 Å². The molecule has 0 fully saturated rings. The molecule has 4 aliphatic carbocycles. The van der Waals surface area contributed by atoms with E-state index in [0.717, 1.165) is 113 Å². The Morgan fingerprint density at radius 2 is 0.661 bits per heavy atom. The van der Waals surface area contributed by atoms with Crippen molar-refractivity contribution < 1.29 is 0 Å². The van der Waals surface area contributed by atoms with Crippen molar-refractivity contribution in [2.24, 2.45) is 0 Å². The maximum absolute atomic E-state index is 10.3. The van der Waals surface area contributed by atoms with Crippen LogP contribution in [0.2, 0.25) is 0 Å². The Morgan fingerprint density at radius 1 is 0.286 bits per heavy atom. The second-order valence-electron chi connectivity index (χ2n) is 31.8. The van der Waals surface area contributed by atoms with Crippen LogP contribution in [0.15, 0.2) is 297 Å². The molecule has 0 spiro atoms. The lowest BCUT2D eigenvalue weighted by molar-refractivity contribution is 0.578. The Balaban J connectivity index is 0.526. The summed E-state index contributed by atoms with van der Waals surface area (Å²) in [5.41, 5.74) is 33.9. The largest absolute Gasteiger partial charge is 0.313 e. The lowest BCUT2D eigenvalue weighted by atomic mass is 9.79. The van der Waals surface area contributed by atoms with E-state index >= 15 is 0 Å². The summed E-state index contributed by atoms with van der Waals surface area (Å²) in [5, 5.41) is 35.7. The first kappa shape index (κ1) is 65.8. The van der Waals surface area contributed by atoms with Gasteiger partial charge >= 0.3 is 0 Å². The zero-order chi connectivity index (χ0) is 74.1. The maximum Gasteiger partial charge on any atom is 0.0918 e. The van der Waals surface area contributed by atoms with Gasteiger partial charge in [0.15, 0.2) is 0 Å². The number of aromatic nitrogens is 4. The van der Waals surface area contributed by atoms with Gasteiger partial charge in [-0.1, -0.05) is 200 Å². The van der Waals surface area contributed by atoms with Crippen molar-refractivity contribution in [1.29, 1.82) is 10.5 Å². The molecule has 18 aromatic rings. The summed E-state index contributed by atoms with van der Waals surface area (Å²) in [4.78, 5) is 0. The maximum atomic E-state index is 10.3. The van der Waals surface area contributed by atoms with Gasteiger partial charge in [-0.15, -0.1) is 0 Å². The Hall–Kier alpha value is -13.3. The number of nitriles is 2. The number of hydrogen-bond donors (Lipinski definition) is 0. The Morgan fingerprint density at radius 3 is 1.15 bits per heavy atom. The molecule has 0 radical (unpaired) electrons. The van der Waals surface area contributed by atoms with Crippen LogP contribution in [0.3, 0.4) is 0 Å². The molecule has 1 unspecified atom stereocenters. The SMILES string of the molecule is N#C/C=C(/c1ccc(-c2cccc(-n3c4c(c5ccccc53)CCCC4)c2)cc1)c1ccc(-c2cccc(-n3c4c(c5c(C6CCc7c(c8ccccc8n7-c7ccc8c(ccc9cc(/C(=C/C#N)c%10ccc%11c(ccc%12cc(-n%13c%14c(c%15ccccc%15%13)CCCC%14)ccc%12%11)c%10)ccc98)c7)C6)cccc53)CCCC4)c2)cc1. The fraction of sp³-hybridized carbons (Fsp3) is 0.151. The number of fused-ring (bicyclic) bond motifs is 18. The predicted molar refractivity (Wildman–Crippen MR) is 464 cm³/mol. The van der Waals surface area contributed by atoms with Gasteiger partial charge in [-0.25, -0.2) is 0 Å². The molecule has 0 saturated carbocycles. The van der Waals surface area contributed by atoms with Crippen LogP contribution < -0.4 is 0 Å². The first-order chi connectivity index (χ1) is 55.4. The van der Waals surface area contributed by atoms with E-state index in [2.05, 4.69) is 316 Å². The summed E-state index contributed by atoms with van der Waals surface area (Å²) in [6.45, 7) is 0. The number of rotatable bonds is 11. The van der Waals surface area contributed by atoms with Crippen LogP contribution >= 0.6 is 0 Å². The number of allylic oxidation sites excluding steroid dienone is 2. The molecule has 4 aromatic heterocycles. The zero-order valence-corrected chi connectivity index (χ0v) is 62.7. The lowest BCUT2D eigenvalue weighted by Crippen LogP contribution is -2.15. The van der Waals surface area contributed by atoms with E-state index in [-0.39, 0.29) is 0 Å². The molecular weight excluding hydrogens is 1360 g/mol. The van der Waals surface area contributed by atoms with Crippen LogP contribution in [0.5, 0.6) is 0 Å². The highest BCUT2D eigenvalue weighted by molar-refractivity contribution is 6.11. The number of hydrogen-bond acceptors (Lipinski definition) is 2. The molecule has 0 N–H and O–H groups in total. The van der Waals surface area contributed by atoms with E-state index in [0.29, 0.717) is 5.92 Å².